The molecular formula is C16H13ClN4O3S2. The summed E-state index contributed by atoms with van der Waals surface area (Å²) in [5.74, 6) is -0.437. The summed E-state index contributed by atoms with van der Waals surface area (Å²) in [6.45, 7) is 1.90. The van der Waals surface area contributed by atoms with Gasteiger partial charge in [0.05, 0.1) is 0 Å². The van der Waals surface area contributed by atoms with E-state index in [1.54, 1.807) is 48.5 Å². The van der Waals surface area contributed by atoms with Crippen molar-refractivity contribution in [3.8, 4) is 0 Å². The molecule has 3 rings (SSSR count). The largest absolute Gasteiger partial charge is 0.296 e. The van der Waals surface area contributed by atoms with Crippen molar-refractivity contribution in [2.45, 2.75) is 11.3 Å². The van der Waals surface area contributed by atoms with Crippen molar-refractivity contribution in [3.63, 3.8) is 0 Å². The number of nitrogens with one attached hydrogen (secondary N) is 2. The summed E-state index contributed by atoms with van der Waals surface area (Å²) >= 11 is 6.54. The van der Waals surface area contributed by atoms with E-state index >= 15 is 0 Å². The molecule has 0 aliphatic rings. The van der Waals surface area contributed by atoms with Crippen LogP contribution in [0.5, 0.6) is 0 Å². The Balaban J connectivity index is 1.73. The minimum Gasteiger partial charge on any atom is -0.296 e. The lowest BCUT2D eigenvalue weighted by molar-refractivity contribution is 0.102. The van der Waals surface area contributed by atoms with Crippen LogP contribution in [0.4, 0.5) is 10.8 Å². The summed E-state index contributed by atoms with van der Waals surface area (Å²) in [5.41, 5.74) is 1.79. The van der Waals surface area contributed by atoms with Crippen LogP contribution >= 0.6 is 22.9 Å². The zero-order chi connectivity index (χ0) is 18.7. The molecule has 0 saturated heterocycles. The van der Waals surface area contributed by atoms with E-state index in [9.17, 15) is 13.2 Å². The van der Waals surface area contributed by atoms with E-state index in [4.69, 9.17) is 11.6 Å². The normalized spacial score (nSPS) is 11.2. The highest BCUT2D eigenvalue weighted by molar-refractivity contribution is 7.94. The van der Waals surface area contributed by atoms with Gasteiger partial charge in [-0.05, 0) is 43.3 Å². The third-order valence-corrected chi connectivity index (χ3v) is 6.11. The highest BCUT2D eigenvalue weighted by atomic mass is 35.5. The topological polar surface area (TPSA) is 101 Å². The van der Waals surface area contributed by atoms with Crippen LogP contribution in [0.1, 0.15) is 15.9 Å². The molecule has 1 aromatic heterocycles. The average Bonchev–Trinajstić information content (AvgIpc) is 3.07. The molecule has 0 bridgehead atoms. The average molecular weight is 409 g/mol. The molecule has 1 heterocycles. The molecule has 0 saturated carbocycles. The Hall–Kier alpha value is -2.49. The van der Waals surface area contributed by atoms with Gasteiger partial charge in [-0.1, -0.05) is 40.6 Å². The number of carbonyl (C=O) groups is 1. The van der Waals surface area contributed by atoms with Gasteiger partial charge in [0.1, 0.15) is 0 Å². The van der Waals surface area contributed by atoms with Crippen molar-refractivity contribution in [1.29, 1.82) is 0 Å². The lowest BCUT2D eigenvalue weighted by atomic mass is 10.2. The van der Waals surface area contributed by atoms with Crippen LogP contribution < -0.4 is 10.0 Å². The van der Waals surface area contributed by atoms with E-state index in [0.29, 0.717) is 16.3 Å². The van der Waals surface area contributed by atoms with Gasteiger partial charge in [-0.3, -0.25) is 14.8 Å². The highest BCUT2D eigenvalue weighted by Gasteiger charge is 2.21. The number of sulfonamides is 1. The first-order chi connectivity index (χ1) is 12.3. The number of aryl methyl sites for hydroxylation is 1. The number of benzene rings is 2. The van der Waals surface area contributed by atoms with Gasteiger partial charge in [0, 0.05) is 16.3 Å². The predicted octanol–water partition coefficient (Wildman–Crippen LogP) is 3.55. The van der Waals surface area contributed by atoms with E-state index in [0.717, 1.165) is 16.9 Å². The zero-order valence-corrected chi connectivity index (χ0v) is 15.8. The van der Waals surface area contributed by atoms with Gasteiger partial charge in [0.25, 0.3) is 20.3 Å². The van der Waals surface area contributed by atoms with Gasteiger partial charge in [-0.25, -0.2) is 0 Å². The van der Waals surface area contributed by atoms with E-state index in [1.807, 2.05) is 6.92 Å². The monoisotopic (exact) mass is 408 g/mol. The second-order valence-corrected chi connectivity index (χ2v) is 8.58. The van der Waals surface area contributed by atoms with Crippen molar-refractivity contribution < 1.29 is 13.2 Å². The van der Waals surface area contributed by atoms with Crippen LogP contribution in [0.3, 0.4) is 0 Å². The number of amides is 1. The number of aromatic nitrogens is 2. The first kappa shape index (κ1) is 18.3. The molecule has 10 heteroatoms. The van der Waals surface area contributed by atoms with Crippen LogP contribution in [0, 0.1) is 6.92 Å². The Labute approximate surface area is 159 Å². The smallest absolute Gasteiger partial charge is 0.291 e. The van der Waals surface area contributed by atoms with Crippen LogP contribution in [0.15, 0.2) is 52.9 Å². The van der Waals surface area contributed by atoms with Crippen LogP contribution in [0.2, 0.25) is 5.02 Å². The molecule has 0 unspecified atom stereocenters. The molecule has 1 amide bonds. The fourth-order valence-electron chi connectivity index (χ4n) is 1.96. The minimum absolute atomic E-state index is 0.0780. The summed E-state index contributed by atoms with van der Waals surface area (Å²) in [5, 5.41) is 10.5. The van der Waals surface area contributed by atoms with Crippen molar-refractivity contribution in [1.82, 2.24) is 10.2 Å². The second kappa shape index (κ2) is 7.40. The summed E-state index contributed by atoms with van der Waals surface area (Å²) in [6, 6.07) is 13.1. The van der Waals surface area contributed by atoms with E-state index < -0.39 is 15.9 Å². The van der Waals surface area contributed by atoms with Gasteiger partial charge >= 0.3 is 0 Å². The molecule has 2 N–H and O–H groups in total. The first-order valence-corrected chi connectivity index (χ1v) is 10.0. The Morgan fingerprint density at radius 3 is 2.35 bits per heavy atom. The maximum Gasteiger partial charge on any atom is 0.291 e. The third-order valence-electron chi connectivity index (χ3n) is 3.27. The molecule has 0 aliphatic heterocycles. The number of anilines is 2. The van der Waals surface area contributed by atoms with Crippen molar-refractivity contribution in [2.75, 3.05) is 10.0 Å². The highest BCUT2D eigenvalue weighted by Crippen LogP contribution is 2.23. The number of halogens is 1. The Kier molecular flexibility index (Phi) is 5.21. The molecule has 0 atom stereocenters. The first-order valence-electron chi connectivity index (χ1n) is 7.33. The summed E-state index contributed by atoms with van der Waals surface area (Å²) < 4.78 is 26.9. The second-order valence-electron chi connectivity index (χ2n) is 5.31. The van der Waals surface area contributed by atoms with E-state index in [1.165, 1.54) is 0 Å². The number of hydrogen-bond acceptors (Lipinski definition) is 6. The predicted molar refractivity (Wildman–Crippen MR) is 101 cm³/mol. The molecular weight excluding hydrogens is 396 g/mol. The standard InChI is InChI=1S/C16H13ClN4O3S2/c1-10-2-8-13(9-3-10)21-26(23,24)16-20-19-15(25-16)18-14(22)11-4-6-12(17)7-5-11/h2-9,21H,1H3,(H,18,19,22). The summed E-state index contributed by atoms with van der Waals surface area (Å²) in [6.07, 6.45) is 0. The number of carbonyl (C=O) groups excluding carboxylic acids is 1. The van der Waals surface area contributed by atoms with Crippen LogP contribution in [0.25, 0.3) is 0 Å². The molecule has 0 radical (unpaired) electrons. The van der Waals surface area contributed by atoms with Gasteiger partial charge in [-0.2, -0.15) is 8.42 Å². The third kappa shape index (κ3) is 4.37. The quantitative estimate of drug-likeness (QED) is 0.628. The Morgan fingerprint density at radius 1 is 1.04 bits per heavy atom. The van der Waals surface area contributed by atoms with Crippen LogP contribution in [-0.4, -0.2) is 24.5 Å². The van der Waals surface area contributed by atoms with Crippen molar-refractivity contribution in [2.24, 2.45) is 0 Å². The molecule has 3 aromatic rings. The Bertz CT molecular complexity index is 1030. The molecule has 26 heavy (non-hydrogen) atoms. The zero-order valence-electron chi connectivity index (χ0n) is 13.4. The van der Waals surface area contributed by atoms with Gasteiger partial charge < -0.3 is 0 Å². The molecule has 7 nitrogen and oxygen atoms in total. The minimum atomic E-state index is -3.89. The number of nitrogens with zero attached hydrogens (tertiary/aromatic N) is 2. The number of hydrogen-bond donors (Lipinski definition) is 2. The molecule has 2 aromatic carbocycles. The van der Waals surface area contributed by atoms with Crippen molar-refractivity contribution in [3.05, 3.63) is 64.7 Å². The maximum atomic E-state index is 12.4. The number of rotatable bonds is 5. The van der Waals surface area contributed by atoms with Crippen LogP contribution in [-0.2, 0) is 10.0 Å². The van der Waals surface area contributed by atoms with Crippen molar-refractivity contribution >= 4 is 49.7 Å². The Morgan fingerprint density at radius 2 is 1.69 bits per heavy atom. The SMILES string of the molecule is Cc1ccc(NS(=O)(=O)c2nnc(NC(=O)c3ccc(Cl)cc3)s2)cc1. The molecule has 0 spiro atoms. The lowest BCUT2D eigenvalue weighted by Crippen LogP contribution is -2.12. The van der Waals surface area contributed by atoms with Gasteiger partial charge in [0.15, 0.2) is 0 Å². The fraction of sp³-hybridized carbons (Fsp3) is 0.0625. The van der Waals surface area contributed by atoms with E-state index in [2.05, 4.69) is 20.2 Å². The van der Waals surface area contributed by atoms with E-state index in [-0.39, 0.29) is 9.47 Å². The van der Waals surface area contributed by atoms with Gasteiger partial charge in [0.2, 0.25) is 5.13 Å². The van der Waals surface area contributed by atoms with Gasteiger partial charge in [-0.15, -0.1) is 10.2 Å². The lowest BCUT2D eigenvalue weighted by Gasteiger charge is -2.04. The molecule has 0 fully saturated rings. The summed E-state index contributed by atoms with van der Waals surface area (Å²) in [7, 11) is -3.89. The maximum absolute atomic E-state index is 12.4. The summed E-state index contributed by atoms with van der Waals surface area (Å²) in [4.78, 5) is 12.1. The molecule has 134 valence electrons. The molecule has 0 aliphatic carbocycles. The fourth-order valence-corrected chi connectivity index (χ4v) is 4.04.